The normalized spacial score (nSPS) is 12.0. The lowest BCUT2D eigenvalue weighted by atomic mass is 10.1. The summed E-state index contributed by atoms with van der Waals surface area (Å²) in [6, 6.07) is 12.7. The number of carbonyl (C=O) groups excluding carboxylic acids is 1. The maximum absolute atomic E-state index is 11.6. The van der Waals surface area contributed by atoms with Gasteiger partial charge in [-0.05, 0) is 52.0 Å². The van der Waals surface area contributed by atoms with E-state index in [-0.39, 0.29) is 33.1 Å². The third-order valence-electron chi connectivity index (χ3n) is 3.71. The quantitative estimate of drug-likeness (QED) is 0.659. The number of hydrogen-bond donors (Lipinski definition) is 0. The van der Waals surface area contributed by atoms with E-state index in [2.05, 4.69) is 45.0 Å². The monoisotopic (exact) mass is 423 g/mol. The molecule has 2 nitrogen and oxygen atoms in total. The van der Waals surface area contributed by atoms with Crippen molar-refractivity contribution in [3.05, 3.63) is 60.2 Å². The minimum atomic E-state index is -0.373. The number of rotatable bonds is 6. The van der Waals surface area contributed by atoms with E-state index in [4.69, 9.17) is 4.74 Å². The highest BCUT2D eigenvalue weighted by atomic mass is 127. The van der Waals surface area contributed by atoms with Crippen LogP contribution in [0.4, 0.5) is 0 Å². The third kappa shape index (κ3) is 4.80. The molecule has 0 fully saturated rings. The van der Waals surface area contributed by atoms with Crippen molar-refractivity contribution in [1.29, 1.82) is 0 Å². The van der Waals surface area contributed by atoms with Gasteiger partial charge in [-0.25, -0.2) is 0 Å². The lowest BCUT2D eigenvalue weighted by Gasteiger charge is -2.12. The molecule has 1 atom stereocenters. The second-order valence-corrected chi connectivity index (χ2v) is 8.70. The summed E-state index contributed by atoms with van der Waals surface area (Å²) in [7, 11) is 0. The molecule has 3 heteroatoms. The predicted octanol–water partition coefficient (Wildman–Crippen LogP) is 1.49. The van der Waals surface area contributed by atoms with E-state index in [0.717, 1.165) is 5.75 Å². The largest absolute Gasteiger partial charge is 0.483 e. The topological polar surface area (TPSA) is 26.3 Å². The minimum Gasteiger partial charge on any atom is -0.483 e. The molecule has 1 unspecified atom stereocenters. The average molecular weight is 423 g/mol. The number of carbonyl (C=O) groups is 1. The standard InChI is InChI=1S/C20H24IO2/c1-6-19(22)16(5)23-18-9-7-17(8-10-18)21-20-14(3)11-13(2)12-15(20)4/h7-12,16H,6H2,1-5H3/q+1. The number of hydrogen-bond acceptors (Lipinski definition) is 2. The van der Waals surface area contributed by atoms with Crippen LogP contribution in [0.3, 0.4) is 0 Å². The predicted molar refractivity (Wildman–Crippen MR) is 89.9 cm³/mol. The highest BCUT2D eigenvalue weighted by molar-refractivity contribution is 5.82. The van der Waals surface area contributed by atoms with Crippen LogP contribution in [-0.4, -0.2) is 11.9 Å². The van der Waals surface area contributed by atoms with E-state index in [1.54, 1.807) is 0 Å². The van der Waals surface area contributed by atoms with Gasteiger partial charge in [0.15, 0.2) is 19.0 Å². The summed E-state index contributed by atoms with van der Waals surface area (Å²) in [5.74, 6) is 0.900. The van der Waals surface area contributed by atoms with Crippen molar-refractivity contribution in [1.82, 2.24) is 0 Å². The number of benzene rings is 2. The molecule has 122 valence electrons. The second-order valence-electron chi connectivity index (χ2n) is 5.84. The van der Waals surface area contributed by atoms with Crippen LogP contribution in [0.25, 0.3) is 0 Å². The number of Topliss-reactive ketones (excluding diaryl/α,β-unsaturated/α-hetero) is 1. The summed E-state index contributed by atoms with van der Waals surface area (Å²) in [6.07, 6.45) is 0.138. The van der Waals surface area contributed by atoms with Gasteiger partial charge in [0.2, 0.25) is 0 Å². The van der Waals surface area contributed by atoms with E-state index in [9.17, 15) is 4.79 Å². The Morgan fingerprint density at radius 3 is 2.17 bits per heavy atom. The van der Waals surface area contributed by atoms with Crippen molar-refractivity contribution in [2.75, 3.05) is 0 Å². The van der Waals surface area contributed by atoms with Gasteiger partial charge in [0.25, 0.3) is 0 Å². The van der Waals surface area contributed by atoms with Crippen LogP contribution in [0, 0.1) is 27.9 Å². The van der Waals surface area contributed by atoms with Crippen LogP contribution in [0.2, 0.25) is 0 Å². The smallest absolute Gasteiger partial charge is 0.358 e. The molecule has 0 spiro atoms. The summed E-state index contributed by atoms with van der Waals surface area (Å²) < 4.78 is 8.56. The molecule has 0 saturated carbocycles. The van der Waals surface area contributed by atoms with Gasteiger partial charge in [0.05, 0.1) is 0 Å². The molecule has 0 bridgehead atoms. The first-order valence-electron chi connectivity index (χ1n) is 7.92. The summed E-state index contributed by atoms with van der Waals surface area (Å²) in [5, 5.41) is 0. The Morgan fingerprint density at radius 2 is 1.65 bits per heavy atom. The molecule has 0 saturated heterocycles. The molecule has 2 aromatic rings. The highest BCUT2D eigenvalue weighted by Gasteiger charge is 2.21. The number of ketones is 1. The zero-order valence-electron chi connectivity index (χ0n) is 14.4. The van der Waals surface area contributed by atoms with Gasteiger partial charge < -0.3 is 4.74 Å². The van der Waals surface area contributed by atoms with Crippen molar-refractivity contribution in [3.8, 4) is 5.75 Å². The Hall–Kier alpha value is -1.36. The minimum absolute atomic E-state index is 0.132. The molecule has 23 heavy (non-hydrogen) atoms. The molecule has 0 amide bonds. The van der Waals surface area contributed by atoms with Gasteiger partial charge in [-0.15, -0.1) is 0 Å². The van der Waals surface area contributed by atoms with E-state index < -0.39 is 0 Å². The molecule has 2 rings (SSSR count). The fraction of sp³-hybridized carbons (Fsp3) is 0.350. The first kappa shape index (κ1) is 18.0. The number of aryl methyl sites for hydroxylation is 3. The molecular formula is C20H24IO2+. The number of halogens is 1. The second kappa shape index (κ2) is 7.95. The molecule has 2 aromatic carbocycles. The van der Waals surface area contributed by atoms with Gasteiger partial charge in [0, 0.05) is 17.5 Å². The van der Waals surface area contributed by atoms with Crippen molar-refractivity contribution in [3.63, 3.8) is 0 Å². The van der Waals surface area contributed by atoms with Crippen LogP contribution < -0.4 is 25.9 Å². The first-order valence-corrected chi connectivity index (χ1v) is 10.1. The Kier molecular flexibility index (Phi) is 6.22. The Morgan fingerprint density at radius 1 is 1.09 bits per heavy atom. The lowest BCUT2D eigenvalue weighted by molar-refractivity contribution is -0.598. The van der Waals surface area contributed by atoms with E-state index >= 15 is 0 Å². The fourth-order valence-electron chi connectivity index (χ4n) is 2.55. The molecule has 0 aliphatic carbocycles. The maximum atomic E-state index is 11.6. The van der Waals surface area contributed by atoms with Crippen molar-refractivity contribution in [2.45, 2.75) is 47.1 Å². The SMILES string of the molecule is CCC(=O)C(C)Oc1ccc([I+]c2c(C)cc(C)cc2C)cc1. The molecule has 0 aliphatic heterocycles. The lowest BCUT2D eigenvalue weighted by Crippen LogP contribution is -3.62. The van der Waals surface area contributed by atoms with Crippen LogP contribution in [0.1, 0.15) is 37.0 Å². The zero-order valence-corrected chi connectivity index (χ0v) is 16.6. The molecule has 0 aromatic heterocycles. The molecule has 0 N–H and O–H groups in total. The molecule has 0 heterocycles. The van der Waals surface area contributed by atoms with Crippen LogP contribution >= 0.6 is 0 Å². The molecular weight excluding hydrogens is 399 g/mol. The van der Waals surface area contributed by atoms with Crippen molar-refractivity contribution < 1.29 is 30.7 Å². The summed E-state index contributed by atoms with van der Waals surface area (Å²) in [6.45, 7) is 10.2. The summed E-state index contributed by atoms with van der Waals surface area (Å²) in [5.41, 5.74) is 4.10. The zero-order chi connectivity index (χ0) is 17.0. The van der Waals surface area contributed by atoms with Gasteiger partial charge in [-0.3, -0.25) is 4.79 Å². The van der Waals surface area contributed by atoms with Crippen LogP contribution in [0.5, 0.6) is 5.75 Å². The Labute approximate surface area is 149 Å². The van der Waals surface area contributed by atoms with Crippen molar-refractivity contribution in [2.24, 2.45) is 0 Å². The van der Waals surface area contributed by atoms with Crippen LogP contribution in [0.15, 0.2) is 36.4 Å². The molecule has 0 aliphatic rings. The Balaban J connectivity index is 2.10. The van der Waals surface area contributed by atoms with Gasteiger partial charge in [0.1, 0.15) is 5.75 Å². The van der Waals surface area contributed by atoms with Crippen LogP contribution in [-0.2, 0) is 4.79 Å². The van der Waals surface area contributed by atoms with E-state index in [1.807, 2.05) is 26.0 Å². The summed E-state index contributed by atoms with van der Waals surface area (Å²) in [4.78, 5) is 11.6. The fourth-order valence-corrected chi connectivity index (χ4v) is 5.06. The van der Waals surface area contributed by atoms with E-state index in [0.29, 0.717) is 6.42 Å². The number of ether oxygens (including phenoxy) is 1. The third-order valence-corrected chi connectivity index (χ3v) is 7.30. The van der Waals surface area contributed by atoms with Crippen molar-refractivity contribution >= 4 is 5.78 Å². The first-order chi connectivity index (χ1) is 10.9. The highest BCUT2D eigenvalue weighted by Crippen LogP contribution is 2.12. The average Bonchev–Trinajstić information content (AvgIpc) is 2.51. The summed E-state index contributed by atoms with van der Waals surface area (Å²) >= 11 is -0.200. The van der Waals surface area contributed by atoms with Gasteiger partial charge >= 0.3 is 21.2 Å². The maximum Gasteiger partial charge on any atom is 0.358 e. The Bertz CT molecular complexity index is 666. The van der Waals surface area contributed by atoms with E-state index in [1.165, 1.54) is 23.8 Å². The molecule has 0 radical (unpaired) electrons. The van der Waals surface area contributed by atoms with Gasteiger partial charge in [-0.1, -0.05) is 24.6 Å². The van der Waals surface area contributed by atoms with Gasteiger partial charge in [-0.2, -0.15) is 0 Å².